The van der Waals surface area contributed by atoms with Crippen LogP contribution in [0.15, 0.2) is 40.1 Å². The third-order valence-electron chi connectivity index (χ3n) is 3.86. The summed E-state index contributed by atoms with van der Waals surface area (Å²) in [6, 6.07) is 4.08. The van der Waals surface area contributed by atoms with Crippen molar-refractivity contribution in [1.82, 2.24) is 15.6 Å². The van der Waals surface area contributed by atoms with Crippen LogP contribution in [0.1, 0.15) is 25.0 Å². The summed E-state index contributed by atoms with van der Waals surface area (Å²) in [7, 11) is 0. The van der Waals surface area contributed by atoms with Gasteiger partial charge in [-0.15, -0.1) is 24.0 Å². The van der Waals surface area contributed by atoms with Crippen LogP contribution >= 0.6 is 35.3 Å². The molecule has 2 heterocycles. The lowest BCUT2D eigenvalue weighted by molar-refractivity contribution is -0.137. The predicted molar refractivity (Wildman–Crippen MR) is 121 cm³/mol. The quantitative estimate of drug-likeness (QED) is 0.177. The number of aromatic nitrogens is 1. The summed E-state index contributed by atoms with van der Waals surface area (Å²) in [5, 5.41) is 23.0. The number of aliphatic hydroxyl groups is 1. The van der Waals surface area contributed by atoms with Gasteiger partial charge in [-0.05, 0) is 48.4 Å². The maximum Gasteiger partial charge on any atom is 0.419 e. The van der Waals surface area contributed by atoms with E-state index in [9.17, 15) is 18.3 Å². The average Bonchev–Trinajstić information content (AvgIpc) is 3.18. The van der Waals surface area contributed by atoms with E-state index in [0.29, 0.717) is 19.0 Å². The van der Waals surface area contributed by atoms with Crippen LogP contribution < -0.4 is 16.0 Å². The maximum absolute atomic E-state index is 13.0. The van der Waals surface area contributed by atoms with E-state index in [1.807, 2.05) is 23.8 Å². The molecule has 0 bridgehead atoms. The molecule has 6 nitrogen and oxygen atoms in total. The van der Waals surface area contributed by atoms with E-state index < -0.39 is 17.3 Å². The SMILES string of the molecule is CCNC(=NCC(C)(O)c1ccsc1)NCCNc1ncccc1C(F)(F)F.I. The standard InChI is InChI=1S/C18H24F3N5OS.HI/c1-3-22-16(26-12-17(2,27)13-6-10-28-11-13)25-9-8-24-15-14(18(19,20)21)5-4-7-23-15;/h4-7,10-11,27H,3,8-9,12H2,1-2H3,(H,23,24)(H2,22,25,26);1H. The highest BCUT2D eigenvalue weighted by molar-refractivity contribution is 14.0. The number of guanidine groups is 1. The van der Waals surface area contributed by atoms with Crippen LogP contribution in [-0.4, -0.2) is 42.2 Å². The van der Waals surface area contributed by atoms with Gasteiger partial charge in [-0.3, -0.25) is 0 Å². The van der Waals surface area contributed by atoms with E-state index in [-0.39, 0.29) is 42.9 Å². The second-order valence-corrected chi connectivity index (χ2v) is 7.01. The largest absolute Gasteiger partial charge is 0.419 e. The Balaban J connectivity index is 0.00000420. The fourth-order valence-electron chi connectivity index (χ4n) is 2.37. The highest BCUT2D eigenvalue weighted by Crippen LogP contribution is 2.33. The minimum atomic E-state index is -4.46. The van der Waals surface area contributed by atoms with E-state index >= 15 is 0 Å². The Kier molecular flexibility index (Phi) is 10.1. The first kappa shape index (κ1) is 25.4. The molecule has 0 saturated carbocycles. The smallest absolute Gasteiger partial charge is 0.383 e. The highest BCUT2D eigenvalue weighted by atomic mass is 127. The molecule has 1 atom stereocenters. The van der Waals surface area contributed by atoms with Crippen LogP contribution in [0.5, 0.6) is 0 Å². The summed E-state index contributed by atoms with van der Waals surface area (Å²) in [6.45, 7) is 4.87. The van der Waals surface area contributed by atoms with Crippen molar-refractivity contribution >= 4 is 47.1 Å². The molecule has 29 heavy (non-hydrogen) atoms. The van der Waals surface area contributed by atoms with E-state index in [4.69, 9.17) is 0 Å². The second-order valence-electron chi connectivity index (χ2n) is 6.23. The molecule has 162 valence electrons. The van der Waals surface area contributed by atoms with Gasteiger partial charge in [-0.2, -0.15) is 24.5 Å². The van der Waals surface area contributed by atoms with E-state index in [0.717, 1.165) is 11.6 Å². The summed E-state index contributed by atoms with van der Waals surface area (Å²) < 4.78 is 38.9. The van der Waals surface area contributed by atoms with Crippen molar-refractivity contribution in [3.05, 3.63) is 46.3 Å². The fraction of sp³-hybridized carbons (Fsp3) is 0.444. The molecule has 2 aromatic rings. The number of alkyl halides is 3. The van der Waals surface area contributed by atoms with Crippen molar-refractivity contribution in [1.29, 1.82) is 0 Å². The van der Waals surface area contributed by atoms with Crippen molar-refractivity contribution in [2.45, 2.75) is 25.6 Å². The van der Waals surface area contributed by atoms with Crippen LogP contribution in [0.25, 0.3) is 0 Å². The van der Waals surface area contributed by atoms with Crippen LogP contribution in [0.2, 0.25) is 0 Å². The van der Waals surface area contributed by atoms with E-state index in [1.165, 1.54) is 23.6 Å². The van der Waals surface area contributed by atoms with Crippen molar-refractivity contribution in [3.63, 3.8) is 0 Å². The molecular weight excluding hydrogens is 518 g/mol. The normalized spacial score (nSPS) is 13.9. The molecule has 0 aliphatic heterocycles. The van der Waals surface area contributed by atoms with Gasteiger partial charge in [0.1, 0.15) is 11.4 Å². The van der Waals surface area contributed by atoms with Crippen LogP contribution in [-0.2, 0) is 11.8 Å². The van der Waals surface area contributed by atoms with Gasteiger partial charge >= 0.3 is 6.18 Å². The van der Waals surface area contributed by atoms with Crippen LogP contribution in [0, 0.1) is 0 Å². The Morgan fingerprint density at radius 3 is 2.62 bits per heavy atom. The molecule has 2 rings (SSSR count). The van der Waals surface area contributed by atoms with Gasteiger partial charge < -0.3 is 21.1 Å². The van der Waals surface area contributed by atoms with Gasteiger partial charge in [0, 0.05) is 25.8 Å². The first-order valence-electron chi connectivity index (χ1n) is 8.77. The lowest BCUT2D eigenvalue weighted by atomic mass is 10.00. The first-order chi connectivity index (χ1) is 13.2. The molecule has 0 aliphatic rings. The number of hydrogen-bond donors (Lipinski definition) is 4. The Morgan fingerprint density at radius 2 is 2.00 bits per heavy atom. The number of anilines is 1. The molecule has 0 saturated heterocycles. The van der Waals surface area contributed by atoms with Crippen LogP contribution in [0.3, 0.4) is 0 Å². The topological polar surface area (TPSA) is 81.6 Å². The first-order valence-corrected chi connectivity index (χ1v) is 9.71. The van der Waals surface area contributed by atoms with Gasteiger partial charge in [0.25, 0.3) is 0 Å². The number of thiophene rings is 1. The van der Waals surface area contributed by atoms with Gasteiger partial charge in [0.2, 0.25) is 0 Å². The van der Waals surface area contributed by atoms with Gasteiger partial charge in [-0.1, -0.05) is 0 Å². The third-order valence-corrected chi connectivity index (χ3v) is 4.54. The van der Waals surface area contributed by atoms with Gasteiger partial charge in [0.05, 0.1) is 12.1 Å². The second kappa shape index (κ2) is 11.6. The molecule has 0 aliphatic carbocycles. The number of nitrogens with one attached hydrogen (secondary N) is 3. The summed E-state index contributed by atoms with van der Waals surface area (Å²) in [6.07, 6.45) is -3.16. The average molecular weight is 543 g/mol. The van der Waals surface area contributed by atoms with Gasteiger partial charge in [-0.25, -0.2) is 9.98 Å². The van der Waals surface area contributed by atoms with Gasteiger partial charge in [0.15, 0.2) is 5.96 Å². The number of aliphatic imine (C=N–C) groups is 1. The third kappa shape index (κ3) is 7.97. The zero-order chi connectivity index (χ0) is 20.6. The fourth-order valence-corrected chi connectivity index (χ4v) is 3.16. The molecule has 0 spiro atoms. The molecule has 11 heteroatoms. The Morgan fingerprint density at radius 1 is 1.24 bits per heavy atom. The molecule has 2 aromatic heterocycles. The Hall–Kier alpha value is -1.60. The maximum atomic E-state index is 13.0. The number of halogens is 4. The summed E-state index contributed by atoms with van der Waals surface area (Å²) in [5.41, 5.74) is -1.12. The molecular formula is C18H25F3IN5OS. The highest BCUT2D eigenvalue weighted by Gasteiger charge is 2.33. The van der Waals surface area contributed by atoms with Crippen molar-refractivity contribution in [2.24, 2.45) is 4.99 Å². The van der Waals surface area contributed by atoms with Crippen molar-refractivity contribution < 1.29 is 18.3 Å². The van der Waals surface area contributed by atoms with Crippen LogP contribution in [0.4, 0.5) is 19.0 Å². The molecule has 1 unspecified atom stereocenters. The number of hydrogen-bond acceptors (Lipinski definition) is 5. The Bertz CT molecular complexity index is 769. The lowest BCUT2D eigenvalue weighted by Gasteiger charge is -2.21. The molecule has 0 amide bonds. The minimum Gasteiger partial charge on any atom is -0.383 e. The number of rotatable bonds is 8. The van der Waals surface area contributed by atoms with Crippen molar-refractivity contribution in [3.8, 4) is 0 Å². The lowest BCUT2D eigenvalue weighted by Crippen LogP contribution is -2.40. The summed E-state index contributed by atoms with van der Waals surface area (Å²) in [5.74, 6) is 0.260. The monoisotopic (exact) mass is 543 g/mol. The molecule has 0 aromatic carbocycles. The minimum absolute atomic E-state index is 0. The summed E-state index contributed by atoms with van der Waals surface area (Å²) >= 11 is 1.49. The zero-order valence-electron chi connectivity index (χ0n) is 16.1. The summed E-state index contributed by atoms with van der Waals surface area (Å²) in [4.78, 5) is 8.13. The van der Waals surface area contributed by atoms with Crippen molar-refractivity contribution in [2.75, 3.05) is 31.5 Å². The molecule has 0 fully saturated rings. The number of nitrogens with zero attached hydrogens (tertiary/aromatic N) is 2. The zero-order valence-corrected chi connectivity index (χ0v) is 19.2. The number of pyridine rings is 1. The molecule has 0 radical (unpaired) electrons. The van der Waals surface area contributed by atoms with E-state index in [2.05, 4.69) is 25.9 Å². The Labute approximate surface area is 189 Å². The molecule has 4 N–H and O–H groups in total. The predicted octanol–water partition coefficient (Wildman–Crippen LogP) is 3.65. The van der Waals surface area contributed by atoms with E-state index in [1.54, 1.807) is 6.92 Å².